The van der Waals surface area contributed by atoms with Crippen molar-refractivity contribution in [3.8, 4) is 5.75 Å². The molecule has 2 aromatic carbocycles. The van der Waals surface area contributed by atoms with Gasteiger partial charge >= 0.3 is 5.97 Å². The highest BCUT2D eigenvalue weighted by atomic mass is 16.7. The molecule has 8 heteroatoms. The minimum atomic E-state index is -0.812. The Bertz CT molecular complexity index is 1070. The molecule has 0 unspecified atom stereocenters. The summed E-state index contributed by atoms with van der Waals surface area (Å²) in [5.74, 6) is -0.227. The van der Waals surface area contributed by atoms with Gasteiger partial charge in [0.05, 0.1) is 12.9 Å². The Balaban J connectivity index is 1.67. The first-order valence-corrected chi connectivity index (χ1v) is 10.9. The first kappa shape index (κ1) is 24.7. The molecule has 0 bridgehead atoms. The number of aromatic nitrogens is 2. The number of hydrogen-bond donors (Lipinski definition) is 1. The van der Waals surface area contributed by atoms with E-state index < -0.39 is 12.0 Å². The first-order valence-electron chi connectivity index (χ1n) is 10.9. The maximum atomic E-state index is 13.0. The van der Waals surface area contributed by atoms with Crippen LogP contribution in [0.25, 0.3) is 6.08 Å². The van der Waals surface area contributed by atoms with Crippen LogP contribution in [0.3, 0.4) is 0 Å². The maximum absolute atomic E-state index is 13.0. The van der Waals surface area contributed by atoms with Crippen LogP contribution in [0.15, 0.2) is 73.2 Å². The van der Waals surface area contributed by atoms with E-state index in [1.54, 1.807) is 25.4 Å². The second-order valence-electron chi connectivity index (χ2n) is 7.57. The number of carbonyl (C=O) groups excluding carboxylic acids is 2. The number of ether oxygens (including phenoxy) is 3. The maximum Gasteiger partial charge on any atom is 0.329 e. The summed E-state index contributed by atoms with van der Waals surface area (Å²) in [4.78, 5) is 34.3. The zero-order chi connectivity index (χ0) is 24.2. The van der Waals surface area contributed by atoms with Crippen molar-refractivity contribution in [2.75, 3.05) is 27.6 Å². The number of imidazole rings is 1. The van der Waals surface area contributed by atoms with E-state index in [0.717, 1.165) is 16.8 Å². The van der Waals surface area contributed by atoms with Crippen LogP contribution in [-0.2, 0) is 31.9 Å². The molecule has 0 fully saturated rings. The molecule has 1 N–H and O–H groups in total. The minimum absolute atomic E-state index is 0.0970. The van der Waals surface area contributed by atoms with Gasteiger partial charge in [-0.2, -0.15) is 0 Å². The van der Waals surface area contributed by atoms with Crippen molar-refractivity contribution in [3.05, 3.63) is 90.0 Å². The van der Waals surface area contributed by atoms with Gasteiger partial charge < -0.3 is 24.1 Å². The molecule has 0 saturated heterocycles. The SMILES string of the molecule is COCOc1ccccc1C=CC(=O)N(C)[C@@H](Cc1cnc[nH]1)C(=O)OCCc1ccccc1. The lowest BCUT2D eigenvalue weighted by Crippen LogP contribution is -2.44. The second kappa shape index (κ2) is 13.0. The fraction of sp³-hybridized carbons (Fsp3) is 0.269. The summed E-state index contributed by atoms with van der Waals surface area (Å²) in [6, 6.07) is 16.3. The number of aromatic amines is 1. The smallest absolute Gasteiger partial charge is 0.329 e. The number of nitrogens with zero attached hydrogens (tertiary/aromatic N) is 2. The van der Waals surface area contributed by atoms with Crippen LogP contribution in [0.4, 0.5) is 0 Å². The molecule has 0 aliphatic rings. The number of esters is 1. The summed E-state index contributed by atoms with van der Waals surface area (Å²) >= 11 is 0. The zero-order valence-electron chi connectivity index (χ0n) is 19.3. The molecule has 1 amide bonds. The van der Waals surface area contributed by atoms with Gasteiger partial charge in [0.15, 0.2) is 6.79 Å². The summed E-state index contributed by atoms with van der Waals surface area (Å²) in [7, 11) is 3.12. The number of nitrogens with one attached hydrogen (secondary N) is 1. The number of hydrogen-bond acceptors (Lipinski definition) is 6. The third-order valence-electron chi connectivity index (χ3n) is 5.19. The van der Waals surface area contributed by atoms with Gasteiger partial charge in [0.1, 0.15) is 11.8 Å². The van der Waals surface area contributed by atoms with E-state index in [0.29, 0.717) is 12.2 Å². The Labute approximate surface area is 199 Å². The molecule has 0 aliphatic heterocycles. The van der Waals surface area contributed by atoms with Gasteiger partial charge in [-0.15, -0.1) is 0 Å². The van der Waals surface area contributed by atoms with Crippen LogP contribution >= 0.6 is 0 Å². The van der Waals surface area contributed by atoms with E-state index in [1.807, 2.05) is 48.5 Å². The van der Waals surface area contributed by atoms with E-state index >= 15 is 0 Å². The second-order valence-corrected chi connectivity index (χ2v) is 7.57. The number of rotatable bonds is 12. The monoisotopic (exact) mass is 463 g/mol. The van der Waals surface area contributed by atoms with Crippen molar-refractivity contribution in [1.82, 2.24) is 14.9 Å². The third kappa shape index (κ3) is 7.31. The molecule has 8 nitrogen and oxygen atoms in total. The average molecular weight is 464 g/mol. The Kier molecular flexibility index (Phi) is 9.42. The topological polar surface area (TPSA) is 93.8 Å². The molecular weight excluding hydrogens is 434 g/mol. The van der Waals surface area contributed by atoms with Gasteiger partial charge in [-0.3, -0.25) is 4.79 Å². The van der Waals surface area contributed by atoms with Crippen molar-refractivity contribution >= 4 is 18.0 Å². The standard InChI is InChI=1S/C26H29N3O5/c1-29(25(30)13-12-21-10-6-7-11-24(21)34-19-32-2)23(16-22-17-27-18-28-22)26(31)33-15-14-20-8-4-3-5-9-20/h3-13,17-18,23H,14-16,19H2,1-2H3,(H,27,28)/t23-/m0/s1. The van der Waals surface area contributed by atoms with E-state index in [2.05, 4.69) is 9.97 Å². The number of para-hydroxylation sites is 1. The van der Waals surface area contributed by atoms with Crippen LogP contribution in [0.5, 0.6) is 5.75 Å². The van der Waals surface area contributed by atoms with Crippen molar-refractivity contribution in [1.29, 1.82) is 0 Å². The third-order valence-corrected chi connectivity index (χ3v) is 5.19. The number of carbonyl (C=O) groups is 2. The number of methoxy groups -OCH3 is 1. The quantitative estimate of drug-likeness (QED) is 0.252. The Hall–Kier alpha value is -3.91. The molecule has 0 saturated carbocycles. The summed E-state index contributed by atoms with van der Waals surface area (Å²) in [6.07, 6.45) is 7.07. The fourth-order valence-corrected chi connectivity index (χ4v) is 3.30. The zero-order valence-corrected chi connectivity index (χ0v) is 19.3. The van der Waals surface area contributed by atoms with E-state index in [1.165, 1.54) is 24.4 Å². The normalized spacial score (nSPS) is 11.8. The fourth-order valence-electron chi connectivity index (χ4n) is 3.30. The summed E-state index contributed by atoms with van der Waals surface area (Å²) < 4.78 is 16.0. The predicted molar refractivity (Wildman–Crippen MR) is 128 cm³/mol. The molecule has 34 heavy (non-hydrogen) atoms. The van der Waals surface area contributed by atoms with E-state index in [9.17, 15) is 9.59 Å². The summed E-state index contributed by atoms with van der Waals surface area (Å²) in [6.45, 7) is 0.324. The first-order chi connectivity index (χ1) is 16.6. The highest BCUT2D eigenvalue weighted by Gasteiger charge is 2.28. The number of likely N-dealkylation sites (N-methyl/N-ethyl adjacent to an activating group) is 1. The van der Waals surface area contributed by atoms with Crippen LogP contribution < -0.4 is 4.74 Å². The molecule has 0 aliphatic carbocycles. The molecule has 1 atom stereocenters. The predicted octanol–water partition coefficient (Wildman–Crippen LogP) is 3.26. The molecular formula is C26H29N3O5. The van der Waals surface area contributed by atoms with Crippen LogP contribution in [0.1, 0.15) is 16.8 Å². The Morgan fingerprint density at radius 2 is 1.88 bits per heavy atom. The van der Waals surface area contributed by atoms with Gasteiger partial charge in [0.2, 0.25) is 5.91 Å². The Morgan fingerprint density at radius 1 is 1.12 bits per heavy atom. The average Bonchev–Trinajstić information content (AvgIpc) is 3.38. The summed E-state index contributed by atoms with van der Waals surface area (Å²) in [5.41, 5.74) is 2.52. The van der Waals surface area contributed by atoms with Gasteiger partial charge in [0, 0.05) is 50.5 Å². The number of benzene rings is 2. The highest BCUT2D eigenvalue weighted by molar-refractivity contribution is 5.94. The highest BCUT2D eigenvalue weighted by Crippen LogP contribution is 2.20. The summed E-state index contributed by atoms with van der Waals surface area (Å²) in [5, 5.41) is 0. The largest absolute Gasteiger partial charge is 0.467 e. The molecule has 3 rings (SSSR count). The lowest BCUT2D eigenvalue weighted by Gasteiger charge is -2.25. The van der Waals surface area contributed by atoms with Crippen molar-refractivity contribution in [3.63, 3.8) is 0 Å². The van der Waals surface area contributed by atoms with Gasteiger partial charge in [0.25, 0.3) is 0 Å². The van der Waals surface area contributed by atoms with Gasteiger partial charge in [-0.1, -0.05) is 48.5 Å². The molecule has 1 aromatic heterocycles. The minimum Gasteiger partial charge on any atom is -0.467 e. The molecule has 0 radical (unpaired) electrons. The van der Waals surface area contributed by atoms with Gasteiger partial charge in [-0.25, -0.2) is 9.78 Å². The van der Waals surface area contributed by atoms with E-state index in [-0.39, 0.29) is 25.7 Å². The van der Waals surface area contributed by atoms with Gasteiger partial charge in [-0.05, 0) is 17.7 Å². The molecule has 1 heterocycles. The van der Waals surface area contributed by atoms with Crippen molar-refractivity contribution in [2.24, 2.45) is 0 Å². The van der Waals surface area contributed by atoms with Crippen LogP contribution in [-0.4, -0.2) is 60.3 Å². The number of amides is 1. The molecule has 178 valence electrons. The van der Waals surface area contributed by atoms with E-state index in [4.69, 9.17) is 14.2 Å². The van der Waals surface area contributed by atoms with Crippen molar-refractivity contribution < 1.29 is 23.8 Å². The number of H-pyrrole nitrogens is 1. The lowest BCUT2D eigenvalue weighted by atomic mass is 10.1. The Morgan fingerprint density at radius 3 is 2.62 bits per heavy atom. The molecule has 3 aromatic rings. The van der Waals surface area contributed by atoms with Crippen LogP contribution in [0, 0.1) is 0 Å². The van der Waals surface area contributed by atoms with Crippen molar-refractivity contribution in [2.45, 2.75) is 18.9 Å². The lowest BCUT2D eigenvalue weighted by molar-refractivity contribution is -0.152. The van der Waals surface area contributed by atoms with Crippen LogP contribution in [0.2, 0.25) is 0 Å². The molecule has 0 spiro atoms.